The molecule has 0 bridgehead atoms. The highest BCUT2D eigenvalue weighted by Crippen LogP contribution is 2.44. The van der Waals surface area contributed by atoms with E-state index in [1.165, 1.54) is 0 Å². The van der Waals surface area contributed by atoms with Crippen LogP contribution in [0.25, 0.3) is 11.1 Å². The summed E-state index contributed by atoms with van der Waals surface area (Å²) in [7, 11) is 0. The SMILES string of the molecule is CC1(C)CC(=O)c2c(nc3c(c2-c2ccccc2)C(=O)CC(C)(C)C3)C1. The fraction of sp³-hybridized carbons (Fsp3) is 0.435. The predicted molar refractivity (Wildman–Crippen MR) is 103 cm³/mol. The van der Waals surface area contributed by atoms with Gasteiger partial charge in [-0.25, -0.2) is 0 Å². The highest BCUT2D eigenvalue weighted by molar-refractivity contribution is 6.12. The first kappa shape index (κ1) is 17.1. The third-order valence-electron chi connectivity index (χ3n) is 5.54. The topological polar surface area (TPSA) is 47.0 Å². The quantitative estimate of drug-likeness (QED) is 0.724. The Hall–Kier alpha value is -2.29. The van der Waals surface area contributed by atoms with Gasteiger partial charge in [-0.15, -0.1) is 0 Å². The molecule has 0 radical (unpaired) electrons. The average molecular weight is 347 g/mol. The second kappa shape index (κ2) is 5.60. The van der Waals surface area contributed by atoms with E-state index in [1.807, 2.05) is 30.3 Å². The molecule has 3 nitrogen and oxygen atoms in total. The van der Waals surface area contributed by atoms with Crippen LogP contribution in [0.1, 0.15) is 72.6 Å². The molecule has 0 fully saturated rings. The molecule has 0 unspecified atom stereocenters. The van der Waals surface area contributed by atoms with Crippen LogP contribution in [-0.2, 0) is 12.8 Å². The summed E-state index contributed by atoms with van der Waals surface area (Å²) in [6.45, 7) is 8.47. The summed E-state index contributed by atoms with van der Waals surface area (Å²) in [5, 5.41) is 0. The Morgan fingerprint density at radius 3 is 1.62 bits per heavy atom. The van der Waals surface area contributed by atoms with Crippen LogP contribution < -0.4 is 0 Å². The predicted octanol–water partition coefficient (Wildman–Crippen LogP) is 5.06. The number of ketones is 2. The number of hydrogen-bond acceptors (Lipinski definition) is 3. The summed E-state index contributed by atoms with van der Waals surface area (Å²) in [4.78, 5) is 31.0. The molecule has 2 aliphatic rings. The van der Waals surface area contributed by atoms with Gasteiger partial charge in [-0.3, -0.25) is 14.6 Å². The standard InChI is InChI=1S/C23H25NO2/c1-22(2)10-15-20(17(25)12-22)19(14-8-6-5-7-9-14)21-16(24-15)11-23(3,4)13-18(21)26/h5-9H,10-13H2,1-4H3. The minimum atomic E-state index is -0.0898. The van der Waals surface area contributed by atoms with Crippen LogP contribution in [-0.4, -0.2) is 16.6 Å². The van der Waals surface area contributed by atoms with Gasteiger partial charge < -0.3 is 0 Å². The molecule has 2 aliphatic carbocycles. The van der Waals surface area contributed by atoms with Gasteiger partial charge in [0, 0.05) is 29.5 Å². The molecule has 0 N–H and O–H groups in total. The third-order valence-corrected chi connectivity index (χ3v) is 5.54. The number of aromatic nitrogens is 1. The minimum Gasteiger partial charge on any atom is -0.294 e. The average Bonchev–Trinajstić information content (AvgIpc) is 2.51. The molecule has 0 saturated carbocycles. The molecular formula is C23H25NO2. The minimum absolute atomic E-state index is 0.0898. The van der Waals surface area contributed by atoms with Crippen molar-refractivity contribution in [3.8, 4) is 11.1 Å². The third kappa shape index (κ3) is 2.80. The van der Waals surface area contributed by atoms with Crippen LogP contribution in [0.15, 0.2) is 30.3 Å². The Morgan fingerprint density at radius 1 is 0.692 bits per heavy atom. The fourth-order valence-electron chi connectivity index (χ4n) is 4.52. The van der Waals surface area contributed by atoms with Crippen molar-refractivity contribution in [2.75, 3.05) is 0 Å². The van der Waals surface area contributed by atoms with E-state index < -0.39 is 0 Å². The van der Waals surface area contributed by atoms with E-state index in [9.17, 15) is 9.59 Å². The molecule has 26 heavy (non-hydrogen) atoms. The van der Waals surface area contributed by atoms with E-state index in [2.05, 4.69) is 27.7 Å². The van der Waals surface area contributed by atoms with E-state index in [-0.39, 0.29) is 22.4 Å². The summed E-state index contributed by atoms with van der Waals surface area (Å²) >= 11 is 0. The summed E-state index contributed by atoms with van der Waals surface area (Å²) in [5.74, 6) is 0.228. The number of rotatable bonds is 1. The van der Waals surface area contributed by atoms with Gasteiger partial charge in [0.2, 0.25) is 0 Å². The van der Waals surface area contributed by atoms with E-state index in [0.29, 0.717) is 24.0 Å². The number of hydrogen-bond donors (Lipinski definition) is 0. The van der Waals surface area contributed by atoms with Crippen molar-refractivity contribution >= 4 is 11.6 Å². The van der Waals surface area contributed by atoms with Crippen molar-refractivity contribution in [1.29, 1.82) is 0 Å². The van der Waals surface area contributed by atoms with Gasteiger partial charge >= 0.3 is 0 Å². The van der Waals surface area contributed by atoms with Gasteiger partial charge in [-0.1, -0.05) is 58.0 Å². The second-order valence-corrected chi connectivity index (χ2v) is 9.38. The molecule has 1 aromatic heterocycles. The Kier molecular flexibility index (Phi) is 3.69. The number of benzene rings is 1. The van der Waals surface area contributed by atoms with E-state index >= 15 is 0 Å². The molecule has 0 saturated heterocycles. The van der Waals surface area contributed by atoms with Crippen LogP contribution >= 0.6 is 0 Å². The maximum absolute atomic E-state index is 13.1. The van der Waals surface area contributed by atoms with Crippen LogP contribution in [0.2, 0.25) is 0 Å². The van der Waals surface area contributed by atoms with Gasteiger partial charge in [-0.2, -0.15) is 0 Å². The molecule has 134 valence electrons. The first-order chi connectivity index (χ1) is 12.2. The zero-order valence-electron chi connectivity index (χ0n) is 16.0. The van der Waals surface area contributed by atoms with Crippen molar-refractivity contribution in [3.63, 3.8) is 0 Å². The number of fused-ring (bicyclic) bond motifs is 2. The van der Waals surface area contributed by atoms with Gasteiger partial charge in [0.1, 0.15) is 0 Å². The summed E-state index contributed by atoms with van der Waals surface area (Å²) in [6.07, 6.45) is 2.55. The number of carbonyl (C=O) groups excluding carboxylic acids is 2. The van der Waals surface area contributed by atoms with E-state index in [4.69, 9.17) is 4.98 Å². The van der Waals surface area contributed by atoms with Crippen molar-refractivity contribution in [2.24, 2.45) is 10.8 Å². The fourth-order valence-corrected chi connectivity index (χ4v) is 4.52. The van der Waals surface area contributed by atoms with Gasteiger partial charge in [-0.05, 0) is 29.2 Å². The molecule has 0 aliphatic heterocycles. The summed E-state index contributed by atoms with van der Waals surface area (Å²) in [5.41, 5.74) is 4.70. The molecule has 0 spiro atoms. The van der Waals surface area contributed by atoms with Crippen molar-refractivity contribution in [2.45, 2.75) is 53.4 Å². The van der Waals surface area contributed by atoms with Gasteiger partial charge in [0.15, 0.2) is 11.6 Å². The second-order valence-electron chi connectivity index (χ2n) is 9.38. The Balaban J connectivity index is 2.06. The van der Waals surface area contributed by atoms with Gasteiger partial charge in [0.25, 0.3) is 0 Å². The lowest BCUT2D eigenvalue weighted by molar-refractivity contribution is 0.0907. The number of carbonyl (C=O) groups is 2. The maximum Gasteiger partial charge on any atom is 0.165 e. The monoisotopic (exact) mass is 347 g/mol. The molecule has 4 rings (SSSR count). The van der Waals surface area contributed by atoms with Crippen LogP contribution in [0.3, 0.4) is 0 Å². The maximum atomic E-state index is 13.1. The van der Waals surface area contributed by atoms with Crippen LogP contribution in [0.5, 0.6) is 0 Å². The molecule has 2 aromatic rings. The number of nitrogens with zero attached hydrogens (tertiary/aromatic N) is 1. The lowest BCUT2D eigenvalue weighted by Gasteiger charge is -2.35. The Morgan fingerprint density at radius 2 is 1.15 bits per heavy atom. The zero-order chi connectivity index (χ0) is 18.7. The molecule has 1 aromatic carbocycles. The lowest BCUT2D eigenvalue weighted by atomic mass is 9.69. The largest absolute Gasteiger partial charge is 0.294 e. The highest BCUT2D eigenvalue weighted by Gasteiger charge is 2.40. The van der Waals surface area contributed by atoms with E-state index in [1.54, 1.807) is 0 Å². The number of Topliss-reactive ketones (excluding diaryl/α,β-unsaturated/α-hetero) is 2. The molecule has 0 atom stereocenters. The first-order valence-corrected chi connectivity index (χ1v) is 9.34. The molecule has 1 heterocycles. The highest BCUT2D eigenvalue weighted by atomic mass is 16.1. The van der Waals surface area contributed by atoms with Crippen molar-refractivity contribution in [1.82, 2.24) is 4.98 Å². The smallest absolute Gasteiger partial charge is 0.165 e. The Bertz CT molecular complexity index is 869. The first-order valence-electron chi connectivity index (χ1n) is 9.34. The normalized spacial score (nSPS) is 20.5. The molecule has 3 heteroatoms. The zero-order valence-corrected chi connectivity index (χ0v) is 16.0. The molecular weight excluding hydrogens is 322 g/mol. The van der Waals surface area contributed by atoms with Crippen molar-refractivity contribution in [3.05, 3.63) is 52.8 Å². The summed E-state index contributed by atoms with van der Waals surface area (Å²) in [6, 6.07) is 9.87. The Labute approximate surface area is 154 Å². The van der Waals surface area contributed by atoms with Gasteiger partial charge in [0.05, 0.1) is 11.4 Å². The van der Waals surface area contributed by atoms with Crippen LogP contribution in [0.4, 0.5) is 0 Å². The van der Waals surface area contributed by atoms with Crippen LogP contribution in [0, 0.1) is 10.8 Å². The van der Waals surface area contributed by atoms with Crippen molar-refractivity contribution < 1.29 is 9.59 Å². The molecule has 0 amide bonds. The summed E-state index contributed by atoms with van der Waals surface area (Å²) < 4.78 is 0. The number of pyridine rings is 1. The van der Waals surface area contributed by atoms with E-state index in [0.717, 1.165) is 35.4 Å². The lowest BCUT2D eigenvalue weighted by Crippen LogP contribution is -2.33.